The Morgan fingerprint density at radius 2 is 1.91 bits per heavy atom. The van der Waals surface area contributed by atoms with Gasteiger partial charge in [-0.25, -0.2) is 18.1 Å². The number of hydrogen-bond acceptors (Lipinski definition) is 7. The number of amides is 1. The molecular weight excluding hydrogens is 489 g/mol. The molecule has 1 saturated carbocycles. The molecule has 3 aromatic rings. The average molecular weight is 510 g/mol. The van der Waals surface area contributed by atoms with Gasteiger partial charge in [0.15, 0.2) is 0 Å². The number of aromatic nitrogens is 3. The van der Waals surface area contributed by atoms with Crippen molar-refractivity contribution >= 4 is 15.9 Å². The SMILES string of the molecule is COc1ccc(C2(C(F)(F)F)CC2)cc1S(=O)(=O)NC(=O)c1ccc(Cn2cccn2)c(OC)n1. The molecule has 186 valence electrons. The van der Waals surface area contributed by atoms with E-state index in [9.17, 15) is 26.4 Å². The topological polar surface area (TPSA) is 112 Å². The minimum atomic E-state index is -4.61. The van der Waals surface area contributed by atoms with Crippen molar-refractivity contribution in [3.05, 3.63) is 65.6 Å². The number of nitrogens with zero attached hydrogens (tertiary/aromatic N) is 3. The normalized spacial score (nSPS) is 14.9. The summed E-state index contributed by atoms with van der Waals surface area (Å²) in [6.07, 6.45) is -1.52. The van der Waals surface area contributed by atoms with E-state index in [1.54, 1.807) is 23.1 Å². The van der Waals surface area contributed by atoms with Crippen LogP contribution in [0.15, 0.2) is 53.7 Å². The molecule has 0 spiro atoms. The number of ether oxygens (including phenoxy) is 2. The summed E-state index contributed by atoms with van der Waals surface area (Å²) in [4.78, 5) is 16.2. The lowest BCUT2D eigenvalue weighted by Crippen LogP contribution is -2.32. The summed E-state index contributed by atoms with van der Waals surface area (Å²) in [5, 5.41) is 4.08. The van der Waals surface area contributed by atoms with Gasteiger partial charge in [0, 0.05) is 18.0 Å². The van der Waals surface area contributed by atoms with Gasteiger partial charge in [-0.1, -0.05) is 6.07 Å². The van der Waals surface area contributed by atoms with Gasteiger partial charge < -0.3 is 9.47 Å². The molecule has 35 heavy (non-hydrogen) atoms. The number of pyridine rings is 1. The van der Waals surface area contributed by atoms with Gasteiger partial charge in [0.2, 0.25) is 5.88 Å². The molecule has 1 amide bonds. The second-order valence-electron chi connectivity index (χ2n) is 7.95. The molecule has 0 saturated heterocycles. The smallest absolute Gasteiger partial charge is 0.398 e. The molecule has 13 heteroatoms. The van der Waals surface area contributed by atoms with E-state index in [1.807, 2.05) is 4.72 Å². The number of rotatable bonds is 8. The van der Waals surface area contributed by atoms with Crippen LogP contribution in [0.25, 0.3) is 0 Å². The van der Waals surface area contributed by atoms with Crippen LogP contribution >= 0.6 is 0 Å². The fourth-order valence-electron chi connectivity index (χ4n) is 3.74. The molecule has 1 fully saturated rings. The van der Waals surface area contributed by atoms with Crippen LogP contribution in [0.4, 0.5) is 13.2 Å². The molecule has 0 unspecified atom stereocenters. The number of alkyl halides is 3. The second kappa shape index (κ2) is 8.87. The van der Waals surface area contributed by atoms with Crippen LogP contribution < -0.4 is 14.2 Å². The molecule has 0 atom stereocenters. The molecule has 1 aliphatic carbocycles. The molecule has 1 N–H and O–H groups in total. The minimum absolute atomic E-state index is 0.0889. The minimum Gasteiger partial charge on any atom is -0.495 e. The van der Waals surface area contributed by atoms with Crippen molar-refractivity contribution in [3.8, 4) is 11.6 Å². The Morgan fingerprint density at radius 1 is 1.17 bits per heavy atom. The van der Waals surface area contributed by atoms with Crippen LogP contribution in [-0.2, 0) is 22.0 Å². The fraction of sp³-hybridized carbons (Fsp3) is 0.318. The van der Waals surface area contributed by atoms with Crippen molar-refractivity contribution in [3.63, 3.8) is 0 Å². The predicted octanol–water partition coefficient (Wildman–Crippen LogP) is 3.06. The third kappa shape index (κ3) is 4.67. The third-order valence-electron chi connectivity index (χ3n) is 5.78. The number of hydrogen-bond donors (Lipinski definition) is 1. The van der Waals surface area contributed by atoms with Gasteiger partial charge in [-0.3, -0.25) is 9.48 Å². The standard InChI is InChI=1S/C22H21F3N4O5S/c1-33-17-7-5-15(21(8-9-21)22(23,24)25)12-18(17)35(31,32)28-19(30)16-6-4-14(20(27-16)34-2)13-29-11-3-10-26-29/h3-7,10-12H,8-9,13H2,1-2H3,(H,28,30). The molecule has 4 rings (SSSR count). The first kappa shape index (κ1) is 24.5. The van der Waals surface area contributed by atoms with Gasteiger partial charge in [-0.05, 0) is 48.7 Å². The number of carbonyl (C=O) groups is 1. The number of sulfonamides is 1. The summed E-state index contributed by atoms with van der Waals surface area (Å²) >= 11 is 0. The lowest BCUT2D eigenvalue weighted by atomic mass is 9.95. The Labute approximate surface area is 198 Å². The Morgan fingerprint density at radius 3 is 2.49 bits per heavy atom. The molecule has 0 bridgehead atoms. The number of halogens is 3. The zero-order valence-electron chi connectivity index (χ0n) is 18.7. The van der Waals surface area contributed by atoms with Crippen molar-refractivity contribution in [1.82, 2.24) is 19.5 Å². The highest BCUT2D eigenvalue weighted by molar-refractivity contribution is 7.90. The Bertz CT molecular complexity index is 1350. The van der Waals surface area contributed by atoms with E-state index in [-0.39, 0.29) is 35.7 Å². The van der Waals surface area contributed by atoms with Gasteiger partial charge in [0.25, 0.3) is 15.9 Å². The highest BCUT2D eigenvalue weighted by Crippen LogP contribution is 2.59. The van der Waals surface area contributed by atoms with Crippen LogP contribution in [0.3, 0.4) is 0 Å². The summed E-state index contributed by atoms with van der Waals surface area (Å²) in [6.45, 7) is 0.300. The summed E-state index contributed by atoms with van der Waals surface area (Å²) in [7, 11) is -2.09. The fourth-order valence-corrected chi connectivity index (χ4v) is 4.89. The summed E-state index contributed by atoms with van der Waals surface area (Å²) in [5.41, 5.74) is -1.99. The molecule has 1 aliphatic rings. The lowest BCUT2D eigenvalue weighted by Gasteiger charge is -2.21. The average Bonchev–Trinajstić information content (AvgIpc) is 3.49. The van der Waals surface area contributed by atoms with Crippen molar-refractivity contribution in [1.29, 1.82) is 0 Å². The van der Waals surface area contributed by atoms with Crippen molar-refractivity contribution in [2.75, 3.05) is 14.2 Å². The Hall–Kier alpha value is -3.61. The van der Waals surface area contributed by atoms with Crippen molar-refractivity contribution < 1.29 is 35.9 Å². The van der Waals surface area contributed by atoms with E-state index in [0.29, 0.717) is 12.1 Å². The quantitative estimate of drug-likeness (QED) is 0.496. The highest BCUT2D eigenvalue weighted by Gasteiger charge is 2.64. The number of benzene rings is 1. The Kier molecular flexibility index (Phi) is 6.21. The molecular formula is C22H21F3N4O5S. The number of nitrogens with one attached hydrogen (secondary N) is 1. The van der Waals surface area contributed by atoms with Crippen LogP contribution in [0, 0.1) is 0 Å². The van der Waals surface area contributed by atoms with E-state index < -0.39 is 32.4 Å². The van der Waals surface area contributed by atoms with Crippen molar-refractivity contribution in [2.45, 2.75) is 35.9 Å². The van der Waals surface area contributed by atoms with Gasteiger partial charge in [-0.2, -0.15) is 18.3 Å². The highest BCUT2D eigenvalue weighted by atomic mass is 32.2. The molecule has 0 radical (unpaired) electrons. The monoisotopic (exact) mass is 510 g/mol. The summed E-state index contributed by atoms with van der Waals surface area (Å²) < 4.78 is 80.5. The summed E-state index contributed by atoms with van der Waals surface area (Å²) in [5.74, 6) is -1.20. The van der Waals surface area contributed by atoms with Crippen LogP contribution in [0.5, 0.6) is 11.6 Å². The van der Waals surface area contributed by atoms with Crippen LogP contribution in [0.2, 0.25) is 0 Å². The number of carbonyl (C=O) groups excluding carboxylic acids is 1. The van der Waals surface area contributed by atoms with Gasteiger partial charge in [0.1, 0.15) is 16.3 Å². The zero-order valence-corrected chi connectivity index (χ0v) is 19.5. The van der Waals surface area contributed by atoms with E-state index in [2.05, 4.69) is 10.1 Å². The molecule has 2 aromatic heterocycles. The van der Waals surface area contributed by atoms with E-state index in [1.165, 1.54) is 32.4 Å². The van der Waals surface area contributed by atoms with Gasteiger partial charge in [-0.15, -0.1) is 0 Å². The molecule has 1 aromatic carbocycles. The van der Waals surface area contributed by atoms with E-state index in [4.69, 9.17) is 9.47 Å². The maximum atomic E-state index is 13.6. The van der Waals surface area contributed by atoms with Crippen LogP contribution in [-0.4, -0.2) is 49.5 Å². The van der Waals surface area contributed by atoms with Crippen molar-refractivity contribution in [2.24, 2.45) is 0 Å². The molecule has 2 heterocycles. The van der Waals surface area contributed by atoms with E-state index >= 15 is 0 Å². The number of methoxy groups -OCH3 is 2. The summed E-state index contributed by atoms with van der Waals surface area (Å²) in [6, 6.07) is 7.81. The van der Waals surface area contributed by atoms with Gasteiger partial charge in [0.05, 0.1) is 26.2 Å². The van der Waals surface area contributed by atoms with E-state index in [0.717, 1.165) is 12.1 Å². The van der Waals surface area contributed by atoms with Gasteiger partial charge >= 0.3 is 6.18 Å². The lowest BCUT2D eigenvalue weighted by molar-refractivity contribution is -0.160. The third-order valence-corrected chi connectivity index (χ3v) is 7.13. The molecule has 9 nitrogen and oxygen atoms in total. The first-order valence-electron chi connectivity index (χ1n) is 10.3. The zero-order chi connectivity index (χ0) is 25.4. The maximum Gasteiger partial charge on any atom is 0.398 e. The second-order valence-corrected chi connectivity index (χ2v) is 9.60. The first-order valence-corrected chi connectivity index (χ1v) is 11.8. The largest absolute Gasteiger partial charge is 0.495 e. The Balaban J connectivity index is 1.62. The first-order chi connectivity index (χ1) is 16.5. The predicted molar refractivity (Wildman–Crippen MR) is 117 cm³/mol. The maximum absolute atomic E-state index is 13.6. The molecule has 0 aliphatic heterocycles. The van der Waals surface area contributed by atoms with Crippen LogP contribution in [0.1, 0.15) is 34.5 Å².